The Kier molecular flexibility index (Phi) is 6.25. The third-order valence-corrected chi connectivity index (χ3v) is 14.4. The van der Waals surface area contributed by atoms with Crippen LogP contribution in [0.2, 0.25) is 16.6 Å². The van der Waals surface area contributed by atoms with E-state index in [9.17, 15) is 4.39 Å². The van der Waals surface area contributed by atoms with Crippen molar-refractivity contribution >= 4 is 29.9 Å². The summed E-state index contributed by atoms with van der Waals surface area (Å²) in [6.07, 6.45) is 8.50. The van der Waals surface area contributed by atoms with Crippen LogP contribution in [0.4, 0.5) is 4.39 Å². The highest BCUT2D eigenvalue weighted by molar-refractivity contribution is 6.82. The first-order chi connectivity index (χ1) is 15.7. The topological polar surface area (TPSA) is 4.93 Å². The molecule has 4 rings (SSSR count). The smallest absolute Gasteiger partial charge is 0.169 e. The van der Waals surface area contributed by atoms with Crippen LogP contribution in [0.3, 0.4) is 0 Å². The van der Waals surface area contributed by atoms with Gasteiger partial charge in [-0.1, -0.05) is 89.9 Å². The van der Waals surface area contributed by atoms with Crippen LogP contribution in [0.5, 0.6) is 0 Å². The Morgan fingerprint density at radius 3 is 2.06 bits per heavy atom. The lowest BCUT2D eigenvalue weighted by Gasteiger charge is -2.44. The first-order valence-electron chi connectivity index (χ1n) is 12.0. The quantitative estimate of drug-likeness (QED) is 0.202. The zero-order chi connectivity index (χ0) is 23.9. The molecule has 3 heteroatoms. The average Bonchev–Trinajstić information content (AvgIpc) is 3.12. The Balaban J connectivity index is 2.07. The first-order valence-corrected chi connectivity index (χ1v) is 14.2. The fraction of sp³-hybridized carbons (Fsp3) is 0.333. The molecule has 0 amide bonds. The minimum Gasteiger partial charge on any atom is -0.373 e. The lowest BCUT2D eigenvalue weighted by Crippen LogP contribution is -2.51. The third kappa shape index (κ3) is 3.61. The summed E-state index contributed by atoms with van der Waals surface area (Å²) in [5.41, 5.74) is 4.68. The summed E-state index contributed by atoms with van der Waals surface area (Å²) in [6.45, 7) is 14.0. The minimum atomic E-state index is -2.10. The van der Waals surface area contributed by atoms with Crippen LogP contribution in [0.25, 0.3) is 21.7 Å². The van der Waals surface area contributed by atoms with Crippen molar-refractivity contribution in [2.75, 3.05) is 0 Å². The number of aromatic nitrogens is 1. The molecule has 0 saturated heterocycles. The highest BCUT2D eigenvalue weighted by Gasteiger charge is 2.46. The van der Waals surface area contributed by atoms with Crippen molar-refractivity contribution in [3.8, 4) is 12.3 Å². The van der Waals surface area contributed by atoms with Gasteiger partial charge in [0.25, 0.3) is 0 Å². The maximum atomic E-state index is 14.6. The summed E-state index contributed by atoms with van der Waals surface area (Å²) in [5, 5.41) is 3.41. The van der Waals surface area contributed by atoms with Crippen molar-refractivity contribution in [1.29, 1.82) is 0 Å². The molecule has 0 N–H and O–H groups in total. The lowest BCUT2D eigenvalue weighted by molar-refractivity contribution is 0.629. The zero-order valence-electron chi connectivity index (χ0n) is 20.6. The van der Waals surface area contributed by atoms with Gasteiger partial charge in [-0.15, -0.1) is 6.42 Å². The Morgan fingerprint density at radius 2 is 1.42 bits per heavy atom. The summed E-state index contributed by atoms with van der Waals surface area (Å²) in [7, 11) is -2.10. The molecule has 0 fully saturated rings. The SMILES string of the molecule is C#C[C@H](c1cccc2ccccc12)c1cn([Si](C(C)C)(C(C)C)C(C)C)c2cc(F)ccc12. The van der Waals surface area contributed by atoms with Gasteiger partial charge in [-0.25, -0.2) is 4.39 Å². The van der Waals surface area contributed by atoms with Crippen molar-refractivity contribution < 1.29 is 4.39 Å². The summed E-state index contributed by atoms with van der Waals surface area (Å²) >= 11 is 0. The van der Waals surface area contributed by atoms with Gasteiger partial charge in [0.2, 0.25) is 0 Å². The second-order valence-electron chi connectivity index (χ2n) is 10.1. The average molecular weight is 456 g/mol. The Labute approximate surface area is 198 Å². The molecule has 0 aliphatic carbocycles. The zero-order valence-corrected chi connectivity index (χ0v) is 21.6. The fourth-order valence-electron chi connectivity index (χ4n) is 6.46. The number of hydrogen-bond donors (Lipinski definition) is 0. The van der Waals surface area contributed by atoms with E-state index in [-0.39, 0.29) is 11.7 Å². The minimum absolute atomic E-state index is 0.199. The molecule has 0 radical (unpaired) electrons. The van der Waals surface area contributed by atoms with Crippen LogP contribution in [0.15, 0.2) is 66.9 Å². The van der Waals surface area contributed by atoms with E-state index in [0.29, 0.717) is 16.6 Å². The van der Waals surface area contributed by atoms with Crippen LogP contribution in [0.1, 0.15) is 58.6 Å². The molecule has 0 saturated carbocycles. The standard InChI is InChI=1S/C30H34FNSi/c1-8-25(27-15-11-13-23-12-9-10-14-26(23)27)29-19-32(30-18-24(31)16-17-28(29)30)33(20(2)3,21(4)5)22(6)7/h1,9-22,25H,2-7H3/t25-/m1/s1. The molecule has 1 atom stereocenters. The van der Waals surface area contributed by atoms with Crippen LogP contribution in [-0.4, -0.2) is 12.5 Å². The monoisotopic (exact) mass is 455 g/mol. The van der Waals surface area contributed by atoms with Gasteiger partial charge >= 0.3 is 0 Å². The summed E-state index contributed by atoms with van der Waals surface area (Å²) in [6, 6.07) is 19.9. The number of fused-ring (bicyclic) bond motifs is 2. The van der Waals surface area contributed by atoms with E-state index in [1.54, 1.807) is 12.1 Å². The molecule has 1 heterocycles. The molecule has 1 aromatic heterocycles. The van der Waals surface area contributed by atoms with Gasteiger partial charge in [-0.3, -0.25) is 0 Å². The normalized spacial score (nSPS) is 13.4. The molecule has 0 aliphatic rings. The predicted molar refractivity (Wildman–Crippen MR) is 143 cm³/mol. The Bertz CT molecular complexity index is 1310. The predicted octanol–water partition coefficient (Wildman–Crippen LogP) is 8.72. The van der Waals surface area contributed by atoms with Gasteiger partial charge < -0.3 is 4.23 Å². The first kappa shape index (κ1) is 23.3. The number of rotatable bonds is 6. The van der Waals surface area contributed by atoms with Crippen LogP contribution in [0, 0.1) is 18.2 Å². The van der Waals surface area contributed by atoms with E-state index in [4.69, 9.17) is 6.42 Å². The summed E-state index contributed by atoms with van der Waals surface area (Å²) in [5.74, 6) is 2.69. The highest BCUT2D eigenvalue weighted by atomic mass is 28.3. The van der Waals surface area contributed by atoms with E-state index in [1.165, 1.54) is 10.8 Å². The molecule has 0 aliphatic heterocycles. The van der Waals surface area contributed by atoms with Gasteiger partial charge in [0.1, 0.15) is 5.82 Å². The number of nitrogens with zero attached hydrogens (tertiary/aromatic N) is 1. The van der Waals surface area contributed by atoms with Crippen LogP contribution >= 0.6 is 0 Å². The van der Waals surface area contributed by atoms with Gasteiger partial charge in [0, 0.05) is 17.1 Å². The highest BCUT2D eigenvalue weighted by Crippen LogP contribution is 2.46. The molecular formula is C30H34FNSi. The molecule has 1 nitrogen and oxygen atoms in total. The molecule has 0 spiro atoms. The maximum Gasteiger partial charge on any atom is 0.169 e. The molecule has 33 heavy (non-hydrogen) atoms. The van der Waals surface area contributed by atoms with Crippen molar-refractivity contribution in [3.63, 3.8) is 0 Å². The molecular weight excluding hydrogens is 421 g/mol. The van der Waals surface area contributed by atoms with Gasteiger partial charge in [0.15, 0.2) is 8.24 Å². The van der Waals surface area contributed by atoms with Crippen molar-refractivity contribution in [1.82, 2.24) is 4.23 Å². The van der Waals surface area contributed by atoms with Gasteiger partial charge in [0.05, 0.1) is 5.92 Å². The van der Waals surface area contributed by atoms with E-state index in [0.717, 1.165) is 22.0 Å². The largest absolute Gasteiger partial charge is 0.373 e. The van der Waals surface area contributed by atoms with Gasteiger partial charge in [-0.05, 0) is 56.7 Å². The van der Waals surface area contributed by atoms with Crippen molar-refractivity contribution in [3.05, 3.63) is 83.8 Å². The third-order valence-electron chi connectivity index (χ3n) is 7.60. The lowest BCUT2D eigenvalue weighted by atomic mass is 9.88. The number of benzene rings is 3. The number of hydrogen-bond acceptors (Lipinski definition) is 0. The van der Waals surface area contributed by atoms with E-state index >= 15 is 0 Å². The Hall–Kier alpha value is -2.83. The molecule has 3 aromatic carbocycles. The summed E-state index contributed by atoms with van der Waals surface area (Å²) < 4.78 is 17.1. The molecule has 0 unspecified atom stereocenters. The van der Waals surface area contributed by atoms with Crippen LogP contribution in [-0.2, 0) is 0 Å². The number of halogens is 1. The van der Waals surface area contributed by atoms with Crippen LogP contribution < -0.4 is 0 Å². The van der Waals surface area contributed by atoms with Crippen molar-refractivity contribution in [2.45, 2.75) is 64.1 Å². The van der Waals surface area contributed by atoms with E-state index in [2.05, 4.69) is 100 Å². The Morgan fingerprint density at radius 1 is 0.788 bits per heavy atom. The van der Waals surface area contributed by atoms with E-state index in [1.807, 2.05) is 6.07 Å². The number of terminal acetylenes is 1. The molecule has 170 valence electrons. The summed E-state index contributed by atoms with van der Waals surface area (Å²) in [4.78, 5) is 0. The fourth-order valence-corrected chi connectivity index (χ4v) is 13.1. The van der Waals surface area contributed by atoms with Gasteiger partial charge in [-0.2, -0.15) is 0 Å². The van der Waals surface area contributed by atoms with E-state index < -0.39 is 8.24 Å². The second kappa shape index (κ2) is 8.84. The molecule has 4 aromatic rings. The maximum absolute atomic E-state index is 14.6. The second-order valence-corrected chi connectivity index (χ2v) is 15.9. The van der Waals surface area contributed by atoms with Crippen molar-refractivity contribution in [2.24, 2.45) is 0 Å². The molecule has 0 bridgehead atoms.